The van der Waals surface area contributed by atoms with E-state index < -0.39 is 0 Å². The molecule has 4 rings (SSSR count). The van der Waals surface area contributed by atoms with E-state index in [2.05, 4.69) is 61.1 Å². The molecule has 0 amide bonds. The molecule has 2 heterocycles. The van der Waals surface area contributed by atoms with Gasteiger partial charge in [-0.25, -0.2) is 0 Å². The fourth-order valence-corrected chi connectivity index (χ4v) is 6.13. The van der Waals surface area contributed by atoms with Gasteiger partial charge in [0.15, 0.2) is 0 Å². The maximum atomic E-state index is 6.45. The van der Waals surface area contributed by atoms with Crippen LogP contribution in [0.3, 0.4) is 0 Å². The normalized spacial score (nSPS) is 20.7. The van der Waals surface area contributed by atoms with Crippen molar-refractivity contribution >= 4 is 11.6 Å². The zero-order valence-electron chi connectivity index (χ0n) is 21.2. The van der Waals surface area contributed by atoms with E-state index in [0.717, 1.165) is 56.4 Å². The molecule has 1 aromatic heterocycles. The largest absolute Gasteiger partial charge is 0.373 e. The van der Waals surface area contributed by atoms with Crippen LogP contribution in [-0.4, -0.2) is 41.0 Å². The Morgan fingerprint density at radius 2 is 1.88 bits per heavy atom. The van der Waals surface area contributed by atoms with Crippen LogP contribution in [0.5, 0.6) is 0 Å². The maximum absolute atomic E-state index is 6.45. The van der Waals surface area contributed by atoms with Gasteiger partial charge in [0.05, 0.1) is 11.7 Å². The van der Waals surface area contributed by atoms with E-state index >= 15 is 0 Å². The van der Waals surface area contributed by atoms with Gasteiger partial charge in [0.25, 0.3) is 0 Å². The number of allylic oxidation sites excluding steroid dienone is 4. The summed E-state index contributed by atoms with van der Waals surface area (Å²) in [6, 6.07) is 2.30. The second-order valence-electron chi connectivity index (χ2n) is 10.1. The Balaban J connectivity index is 1.56. The molecule has 3 nitrogen and oxygen atoms in total. The number of aryl methyl sites for hydroxylation is 1. The van der Waals surface area contributed by atoms with Crippen molar-refractivity contribution in [1.29, 1.82) is 0 Å². The van der Waals surface area contributed by atoms with Crippen molar-refractivity contribution in [2.45, 2.75) is 71.8 Å². The summed E-state index contributed by atoms with van der Waals surface area (Å²) < 4.78 is 0. The SMILES string of the molecule is C=C(CC(CCC)CCC)N1CCN(C2C3=C(C=C(Cl)C=C=C3)CCc3c(C)ccnc32)CC1. The third-order valence-corrected chi connectivity index (χ3v) is 7.93. The number of aromatic nitrogens is 1. The third kappa shape index (κ3) is 5.60. The molecule has 1 aromatic rings. The molecule has 2 aliphatic carbocycles. The molecule has 0 N–H and O–H groups in total. The lowest BCUT2D eigenvalue weighted by Gasteiger charge is -2.42. The average Bonchev–Trinajstić information content (AvgIpc) is 3.09. The van der Waals surface area contributed by atoms with Crippen LogP contribution < -0.4 is 0 Å². The van der Waals surface area contributed by atoms with Gasteiger partial charge in [-0.1, -0.05) is 57.7 Å². The van der Waals surface area contributed by atoms with E-state index in [1.807, 2.05) is 12.3 Å². The van der Waals surface area contributed by atoms with Crippen LogP contribution in [0.2, 0.25) is 0 Å². The predicted molar refractivity (Wildman–Crippen MR) is 144 cm³/mol. The molecule has 1 aliphatic heterocycles. The van der Waals surface area contributed by atoms with Crippen molar-refractivity contribution in [1.82, 2.24) is 14.8 Å². The number of hydrogen-bond acceptors (Lipinski definition) is 3. The van der Waals surface area contributed by atoms with Crippen molar-refractivity contribution in [3.63, 3.8) is 0 Å². The van der Waals surface area contributed by atoms with Crippen molar-refractivity contribution in [3.8, 4) is 0 Å². The van der Waals surface area contributed by atoms with Gasteiger partial charge in [0.1, 0.15) is 0 Å². The zero-order valence-corrected chi connectivity index (χ0v) is 22.0. The number of halogens is 1. The summed E-state index contributed by atoms with van der Waals surface area (Å²) in [5.41, 5.74) is 11.2. The van der Waals surface area contributed by atoms with E-state index in [1.54, 1.807) is 0 Å². The number of piperazine rings is 1. The topological polar surface area (TPSA) is 19.4 Å². The van der Waals surface area contributed by atoms with Crippen LogP contribution in [0.4, 0.5) is 0 Å². The highest BCUT2D eigenvalue weighted by atomic mass is 35.5. The van der Waals surface area contributed by atoms with E-state index in [-0.39, 0.29) is 6.04 Å². The van der Waals surface area contributed by atoms with Gasteiger partial charge in [-0.05, 0) is 78.7 Å². The van der Waals surface area contributed by atoms with E-state index in [1.165, 1.54) is 59.3 Å². The van der Waals surface area contributed by atoms with Gasteiger partial charge >= 0.3 is 0 Å². The van der Waals surface area contributed by atoms with Gasteiger partial charge in [0, 0.05) is 43.1 Å². The minimum Gasteiger partial charge on any atom is -0.373 e. The highest BCUT2D eigenvalue weighted by molar-refractivity contribution is 6.31. The quantitative estimate of drug-likeness (QED) is 0.367. The van der Waals surface area contributed by atoms with Crippen LogP contribution in [0, 0.1) is 12.8 Å². The molecule has 0 aromatic carbocycles. The lowest BCUT2D eigenvalue weighted by atomic mass is 9.92. The van der Waals surface area contributed by atoms with Crippen LogP contribution in [0.15, 0.2) is 64.7 Å². The number of fused-ring (bicyclic) bond motifs is 1. The highest BCUT2D eigenvalue weighted by Crippen LogP contribution is 2.40. The van der Waals surface area contributed by atoms with Gasteiger partial charge in [-0.3, -0.25) is 9.88 Å². The van der Waals surface area contributed by atoms with Crippen LogP contribution >= 0.6 is 11.6 Å². The van der Waals surface area contributed by atoms with Crippen LogP contribution in [-0.2, 0) is 6.42 Å². The van der Waals surface area contributed by atoms with E-state index in [4.69, 9.17) is 16.6 Å². The highest BCUT2D eigenvalue weighted by Gasteiger charge is 2.33. The van der Waals surface area contributed by atoms with Crippen molar-refractivity contribution in [3.05, 3.63) is 81.5 Å². The molecule has 1 unspecified atom stereocenters. The minimum atomic E-state index is 0.149. The summed E-state index contributed by atoms with van der Waals surface area (Å²) in [4.78, 5) is 10.1. The zero-order chi connectivity index (χ0) is 24.1. The lowest BCUT2D eigenvalue weighted by Crippen LogP contribution is -2.47. The molecule has 1 atom stereocenters. The average molecular weight is 478 g/mol. The van der Waals surface area contributed by atoms with Gasteiger partial charge in [-0.15, -0.1) is 5.73 Å². The molecule has 4 heteroatoms. The van der Waals surface area contributed by atoms with Crippen molar-refractivity contribution in [2.75, 3.05) is 26.2 Å². The number of hydrogen-bond donors (Lipinski definition) is 0. The summed E-state index contributed by atoms with van der Waals surface area (Å²) in [6.07, 6.45) is 16.4. The molecule has 0 spiro atoms. The Kier molecular flexibility index (Phi) is 8.53. The molecule has 3 aliphatic rings. The number of pyridine rings is 1. The molecule has 0 radical (unpaired) electrons. The first kappa shape index (κ1) is 25.0. The fourth-order valence-electron chi connectivity index (χ4n) is 5.94. The Bertz CT molecular complexity index is 1010. The summed E-state index contributed by atoms with van der Waals surface area (Å²) in [6.45, 7) is 15.4. The number of rotatable bonds is 8. The summed E-state index contributed by atoms with van der Waals surface area (Å²) in [7, 11) is 0. The molecule has 1 saturated heterocycles. The first-order valence-corrected chi connectivity index (χ1v) is 13.5. The molecule has 182 valence electrons. The maximum Gasteiger partial charge on any atom is 0.0789 e. The smallest absolute Gasteiger partial charge is 0.0789 e. The van der Waals surface area contributed by atoms with Gasteiger partial charge < -0.3 is 4.90 Å². The summed E-state index contributed by atoms with van der Waals surface area (Å²) in [5.74, 6) is 0.772. The fraction of sp³-hybridized carbons (Fsp3) is 0.533. The van der Waals surface area contributed by atoms with Gasteiger partial charge in [-0.2, -0.15) is 0 Å². The Morgan fingerprint density at radius 3 is 2.59 bits per heavy atom. The van der Waals surface area contributed by atoms with E-state index in [0.29, 0.717) is 0 Å². The van der Waals surface area contributed by atoms with Gasteiger partial charge in [0.2, 0.25) is 0 Å². The molecular weight excluding hydrogens is 438 g/mol. The first-order chi connectivity index (χ1) is 16.5. The molecular formula is C30H40ClN3. The Morgan fingerprint density at radius 1 is 1.15 bits per heavy atom. The Labute approximate surface area is 211 Å². The second-order valence-corrected chi connectivity index (χ2v) is 10.5. The predicted octanol–water partition coefficient (Wildman–Crippen LogP) is 7.26. The first-order valence-electron chi connectivity index (χ1n) is 13.2. The summed E-state index contributed by atoms with van der Waals surface area (Å²) >= 11 is 6.45. The van der Waals surface area contributed by atoms with Crippen LogP contribution in [0.25, 0.3) is 0 Å². The Hall–Kier alpha value is -2.06. The molecule has 34 heavy (non-hydrogen) atoms. The molecule has 1 fully saturated rings. The standard InChI is InChI=1S/C30H40ClN3/c1-5-8-24(9-6-2)20-23(4)33-16-18-34(19-17-33)30-28-11-7-10-26(31)21-25(28)12-13-27-22(3)14-15-32-29(27)30/h10-11,14-15,21,24,30H,4-6,8-9,12-13,16-20H2,1-3H3. The van der Waals surface area contributed by atoms with E-state index in [9.17, 15) is 0 Å². The molecule has 0 saturated carbocycles. The van der Waals surface area contributed by atoms with Crippen molar-refractivity contribution in [2.24, 2.45) is 5.92 Å². The molecule has 0 bridgehead atoms. The monoisotopic (exact) mass is 477 g/mol. The minimum absolute atomic E-state index is 0.149. The second kappa shape index (κ2) is 11.6. The summed E-state index contributed by atoms with van der Waals surface area (Å²) in [5, 5.41) is 0.755. The number of nitrogens with zero attached hydrogens (tertiary/aromatic N) is 3. The lowest BCUT2D eigenvalue weighted by molar-refractivity contribution is 0.124. The van der Waals surface area contributed by atoms with Crippen molar-refractivity contribution < 1.29 is 0 Å². The third-order valence-electron chi connectivity index (χ3n) is 7.71. The van der Waals surface area contributed by atoms with Crippen LogP contribution in [0.1, 0.15) is 75.2 Å².